The maximum absolute atomic E-state index is 12.4. The van der Waals surface area contributed by atoms with Gasteiger partial charge >= 0.3 is 5.97 Å². The number of rotatable bonds is 10. The molecule has 1 fully saturated rings. The standard InChI is InChI=1S/C23H38O2/c1-3-5-7-9-19-11-15-21(16-12-19)23(24)25-22-17-13-20(14-18-22)10-8-6-4-2/h13,17,19,21H,3-12,14-16,18H2,1-2H3. The van der Waals surface area contributed by atoms with E-state index in [4.69, 9.17) is 4.74 Å². The van der Waals surface area contributed by atoms with E-state index < -0.39 is 0 Å². The number of carbonyl (C=O) groups excluding carboxylic acids is 1. The molecule has 1 saturated carbocycles. The average molecular weight is 347 g/mol. The highest BCUT2D eigenvalue weighted by Gasteiger charge is 2.28. The van der Waals surface area contributed by atoms with Gasteiger partial charge < -0.3 is 4.74 Å². The molecule has 2 aliphatic carbocycles. The number of carbonyl (C=O) groups is 1. The lowest BCUT2D eigenvalue weighted by molar-refractivity contribution is -0.145. The molecule has 0 atom stereocenters. The van der Waals surface area contributed by atoms with Gasteiger partial charge in [-0.15, -0.1) is 0 Å². The zero-order chi connectivity index (χ0) is 17.9. The van der Waals surface area contributed by atoms with Crippen molar-refractivity contribution >= 4 is 5.97 Å². The molecule has 2 heteroatoms. The van der Waals surface area contributed by atoms with Crippen molar-refractivity contribution in [2.75, 3.05) is 0 Å². The maximum Gasteiger partial charge on any atom is 0.314 e. The van der Waals surface area contributed by atoms with Gasteiger partial charge in [-0.05, 0) is 56.9 Å². The van der Waals surface area contributed by atoms with E-state index in [1.54, 1.807) is 0 Å². The lowest BCUT2D eigenvalue weighted by Gasteiger charge is -2.27. The van der Waals surface area contributed by atoms with E-state index in [9.17, 15) is 4.79 Å². The fourth-order valence-electron chi connectivity index (χ4n) is 4.14. The topological polar surface area (TPSA) is 26.3 Å². The van der Waals surface area contributed by atoms with Crippen molar-refractivity contribution in [3.63, 3.8) is 0 Å². The normalized spacial score (nSPS) is 23.8. The summed E-state index contributed by atoms with van der Waals surface area (Å²) in [6.07, 6.45) is 21.1. The highest BCUT2D eigenvalue weighted by molar-refractivity contribution is 5.73. The van der Waals surface area contributed by atoms with Crippen molar-refractivity contribution in [3.05, 3.63) is 23.5 Å². The second-order valence-corrected chi connectivity index (χ2v) is 8.05. The van der Waals surface area contributed by atoms with Crippen LogP contribution < -0.4 is 0 Å². The van der Waals surface area contributed by atoms with Crippen LogP contribution in [0.15, 0.2) is 23.5 Å². The summed E-state index contributed by atoms with van der Waals surface area (Å²) in [5, 5.41) is 0. The SMILES string of the molecule is CCCCCC1=CC=C(OC(=O)C2CCC(CCCCC)CC2)CC1. The summed E-state index contributed by atoms with van der Waals surface area (Å²) < 4.78 is 5.72. The Bertz CT molecular complexity index is 453. The summed E-state index contributed by atoms with van der Waals surface area (Å²) in [5.74, 6) is 1.90. The van der Waals surface area contributed by atoms with Crippen LogP contribution in [0.4, 0.5) is 0 Å². The number of unbranched alkanes of at least 4 members (excludes halogenated alkanes) is 4. The van der Waals surface area contributed by atoms with Gasteiger partial charge in [0.2, 0.25) is 0 Å². The predicted molar refractivity (Wildman–Crippen MR) is 105 cm³/mol. The summed E-state index contributed by atoms with van der Waals surface area (Å²) in [4.78, 5) is 12.4. The largest absolute Gasteiger partial charge is 0.431 e. The van der Waals surface area contributed by atoms with Crippen molar-refractivity contribution in [1.29, 1.82) is 0 Å². The zero-order valence-electron chi connectivity index (χ0n) is 16.5. The third-order valence-corrected chi connectivity index (χ3v) is 5.93. The Balaban J connectivity index is 1.69. The Morgan fingerprint density at radius 2 is 1.68 bits per heavy atom. The molecule has 0 spiro atoms. The van der Waals surface area contributed by atoms with Crippen LogP contribution in [0.1, 0.15) is 104 Å². The Kier molecular flexibility index (Phi) is 9.36. The lowest BCUT2D eigenvalue weighted by atomic mass is 9.80. The Morgan fingerprint density at radius 1 is 0.960 bits per heavy atom. The first kappa shape index (κ1) is 20.3. The molecule has 142 valence electrons. The van der Waals surface area contributed by atoms with Crippen LogP contribution in [0.5, 0.6) is 0 Å². The second-order valence-electron chi connectivity index (χ2n) is 8.05. The molecule has 0 aromatic carbocycles. The molecule has 2 aliphatic rings. The van der Waals surface area contributed by atoms with Crippen LogP contribution in [0.3, 0.4) is 0 Å². The van der Waals surface area contributed by atoms with E-state index in [1.807, 2.05) is 6.08 Å². The van der Waals surface area contributed by atoms with Gasteiger partial charge in [-0.2, -0.15) is 0 Å². The molecule has 0 N–H and O–H groups in total. The Labute approximate surface area is 155 Å². The highest BCUT2D eigenvalue weighted by Crippen LogP contribution is 2.33. The second kappa shape index (κ2) is 11.5. The van der Waals surface area contributed by atoms with Crippen molar-refractivity contribution < 1.29 is 9.53 Å². The average Bonchev–Trinajstić information content (AvgIpc) is 2.64. The first-order valence-corrected chi connectivity index (χ1v) is 10.8. The van der Waals surface area contributed by atoms with Crippen LogP contribution in [0.2, 0.25) is 0 Å². The van der Waals surface area contributed by atoms with Crippen LogP contribution in [-0.4, -0.2) is 5.97 Å². The molecule has 0 aromatic heterocycles. The van der Waals surface area contributed by atoms with Gasteiger partial charge in [0.25, 0.3) is 0 Å². The molecule has 0 amide bonds. The van der Waals surface area contributed by atoms with E-state index in [-0.39, 0.29) is 11.9 Å². The van der Waals surface area contributed by atoms with Crippen LogP contribution in [0, 0.1) is 11.8 Å². The minimum atomic E-state index is 0.0288. The molecule has 0 aliphatic heterocycles. The van der Waals surface area contributed by atoms with E-state index in [2.05, 4.69) is 19.9 Å². The van der Waals surface area contributed by atoms with E-state index in [1.165, 1.54) is 69.8 Å². The van der Waals surface area contributed by atoms with Crippen LogP contribution in [0.25, 0.3) is 0 Å². The predicted octanol–water partition coefficient (Wildman–Crippen LogP) is 7.10. The maximum atomic E-state index is 12.4. The zero-order valence-corrected chi connectivity index (χ0v) is 16.5. The minimum Gasteiger partial charge on any atom is -0.431 e. The molecule has 0 bridgehead atoms. The van der Waals surface area contributed by atoms with E-state index >= 15 is 0 Å². The fourth-order valence-corrected chi connectivity index (χ4v) is 4.14. The van der Waals surface area contributed by atoms with Gasteiger partial charge in [0.05, 0.1) is 5.92 Å². The fraction of sp³-hybridized carbons (Fsp3) is 0.783. The van der Waals surface area contributed by atoms with Crippen molar-refractivity contribution in [2.24, 2.45) is 11.8 Å². The Morgan fingerprint density at radius 3 is 2.32 bits per heavy atom. The smallest absolute Gasteiger partial charge is 0.314 e. The highest BCUT2D eigenvalue weighted by atomic mass is 16.5. The van der Waals surface area contributed by atoms with E-state index in [0.717, 1.165) is 37.4 Å². The molecule has 0 saturated heterocycles. The first-order valence-electron chi connectivity index (χ1n) is 10.8. The Hall–Kier alpha value is -1.05. The van der Waals surface area contributed by atoms with Crippen LogP contribution in [-0.2, 0) is 9.53 Å². The summed E-state index contributed by atoms with van der Waals surface area (Å²) >= 11 is 0. The van der Waals surface area contributed by atoms with E-state index in [0.29, 0.717) is 0 Å². The van der Waals surface area contributed by atoms with Gasteiger partial charge in [-0.25, -0.2) is 0 Å². The minimum absolute atomic E-state index is 0.0288. The van der Waals surface area contributed by atoms with Gasteiger partial charge in [0.1, 0.15) is 5.76 Å². The number of hydrogen-bond acceptors (Lipinski definition) is 2. The molecule has 0 radical (unpaired) electrons. The van der Waals surface area contributed by atoms with Crippen molar-refractivity contribution in [3.8, 4) is 0 Å². The van der Waals surface area contributed by atoms with Crippen molar-refractivity contribution in [1.82, 2.24) is 0 Å². The van der Waals surface area contributed by atoms with Gasteiger partial charge in [-0.3, -0.25) is 4.79 Å². The third kappa shape index (κ3) is 7.38. The molecular formula is C23H38O2. The molecule has 2 rings (SSSR count). The molecule has 2 nitrogen and oxygen atoms in total. The molecule has 0 aromatic rings. The van der Waals surface area contributed by atoms with Gasteiger partial charge in [0.15, 0.2) is 0 Å². The molecule has 0 heterocycles. The monoisotopic (exact) mass is 346 g/mol. The summed E-state index contributed by atoms with van der Waals surface area (Å²) in [5.41, 5.74) is 1.51. The molecule has 25 heavy (non-hydrogen) atoms. The number of esters is 1. The quantitative estimate of drug-likeness (QED) is 0.311. The van der Waals surface area contributed by atoms with Gasteiger partial charge in [0, 0.05) is 6.42 Å². The molecule has 0 unspecified atom stereocenters. The third-order valence-electron chi connectivity index (χ3n) is 5.93. The lowest BCUT2D eigenvalue weighted by Crippen LogP contribution is -2.24. The summed E-state index contributed by atoms with van der Waals surface area (Å²) in [7, 11) is 0. The summed E-state index contributed by atoms with van der Waals surface area (Å²) in [6.45, 7) is 4.50. The van der Waals surface area contributed by atoms with Crippen molar-refractivity contribution in [2.45, 2.75) is 104 Å². The van der Waals surface area contributed by atoms with Gasteiger partial charge in [-0.1, -0.05) is 64.0 Å². The number of hydrogen-bond donors (Lipinski definition) is 0. The first-order chi connectivity index (χ1) is 12.2. The molecular weight excluding hydrogens is 308 g/mol. The van der Waals surface area contributed by atoms with Crippen LogP contribution >= 0.6 is 0 Å². The number of ether oxygens (including phenoxy) is 1. The number of allylic oxidation sites excluding steroid dienone is 4. The summed E-state index contributed by atoms with van der Waals surface area (Å²) in [6, 6.07) is 0.